The molecular formula is C18H18F5N3. The maximum Gasteiger partial charge on any atom is 0.401 e. The first-order chi connectivity index (χ1) is 12.2. The van der Waals surface area contributed by atoms with Gasteiger partial charge >= 0.3 is 6.18 Å². The lowest BCUT2D eigenvalue weighted by Gasteiger charge is -2.22. The van der Waals surface area contributed by atoms with Crippen LogP contribution in [0.4, 0.5) is 22.0 Å². The van der Waals surface area contributed by atoms with E-state index in [0.29, 0.717) is 18.7 Å². The van der Waals surface area contributed by atoms with Gasteiger partial charge in [0, 0.05) is 18.4 Å². The summed E-state index contributed by atoms with van der Waals surface area (Å²) >= 11 is 0. The number of hydrogen-bond acceptors (Lipinski definition) is 2. The predicted octanol–water partition coefficient (Wildman–Crippen LogP) is 4.83. The van der Waals surface area contributed by atoms with Crippen molar-refractivity contribution in [2.45, 2.75) is 62.6 Å². The molecule has 2 aromatic rings. The van der Waals surface area contributed by atoms with Crippen LogP contribution < -0.4 is 0 Å². The Morgan fingerprint density at radius 2 is 1.85 bits per heavy atom. The molecule has 0 amide bonds. The molecule has 3 nitrogen and oxygen atoms in total. The molecule has 0 saturated heterocycles. The maximum absolute atomic E-state index is 14.3. The molecule has 140 valence electrons. The monoisotopic (exact) mass is 371 g/mol. The van der Waals surface area contributed by atoms with Gasteiger partial charge in [0.25, 0.3) is 0 Å². The number of alkyl halides is 3. The van der Waals surface area contributed by atoms with Crippen LogP contribution in [0.1, 0.15) is 61.7 Å². The van der Waals surface area contributed by atoms with Crippen molar-refractivity contribution in [2.24, 2.45) is 0 Å². The molecule has 2 aliphatic rings. The lowest BCUT2D eigenvalue weighted by molar-refractivity contribution is -0.163. The first-order valence-corrected chi connectivity index (χ1v) is 8.69. The van der Waals surface area contributed by atoms with Crippen LogP contribution in [0, 0.1) is 11.6 Å². The molecule has 1 aliphatic carbocycles. The number of aromatic nitrogens is 3. The molecule has 4 rings (SSSR count). The van der Waals surface area contributed by atoms with E-state index in [4.69, 9.17) is 0 Å². The maximum atomic E-state index is 14.3. The number of fused-ring (bicyclic) bond motifs is 1. The molecule has 2 heterocycles. The Hall–Kier alpha value is -1.99. The molecule has 0 N–H and O–H groups in total. The second kappa shape index (κ2) is 5.76. The highest BCUT2D eigenvalue weighted by Crippen LogP contribution is 2.58. The second-order valence-corrected chi connectivity index (χ2v) is 7.39. The van der Waals surface area contributed by atoms with Crippen LogP contribution in [0.3, 0.4) is 0 Å². The van der Waals surface area contributed by atoms with Crippen molar-refractivity contribution in [3.05, 3.63) is 47.0 Å². The molecule has 1 unspecified atom stereocenters. The molecule has 2 atom stereocenters. The Bertz CT molecular complexity index is 838. The third kappa shape index (κ3) is 2.53. The van der Waals surface area contributed by atoms with Gasteiger partial charge < -0.3 is 4.57 Å². The van der Waals surface area contributed by atoms with Crippen LogP contribution in [-0.2, 0) is 12.0 Å². The summed E-state index contributed by atoms with van der Waals surface area (Å²) < 4.78 is 70.1. The van der Waals surface area contributed by atoms with Gasteiger partial charge in [-0.3, -0.25) is 0 Å². The van der Waals surface area contributed by atoms with Gasteiger partial charge in [-0.2, -0.15) is 13.2 Å². The highest BCUT2D eigenvalue weighted by atomic mass is 19.4. The standard InChI is InChI=1S/C18H18F5N3/c1-10-5-6-11(12-3-2-4-13(19)14(12)20)9-26-15(10)24-25-16(26)17(7-8-17)18(21,22)23/h2-4,10-11H,5-9H2,1H3/t10?,11-/m1/s1. The van der Waals surface area contributed by atoms with E-state index >= 15 is 0 Å². The molecule has 1 aromatic heterocycles. The van der Waals surface area contributed by atoms with Crippen molar-refractivity contribution in [1.82, 2.24) is 14.8 Å². The topological polar surface area (TPSA) is 30.7 Å². The molecule has 0 radical (unpaired) electrons. The van der Waals surface area contributed by atoms with Gasteiger partial charge in [-0.15, -0.1) is 10.2 Å². The number of rotatable bonds is 2. The fraction of sp³-hybridized carbons (Fsp3) is 0.556. The predicted molar refractivity (Wildman–Crippen MR) is 83.7 cm³/mol. The Kier molecular flexibility index (Phi) is 3.86. The van der Waals surface area contributed by atoms with Crippen molar-refractivity contribution < 1.29 is 22.0 Å². The summed E-state index contributed by atoms with van der Waals surface area (Å²) in [6, 6.07) is 3.96. The zero-order chi connectivity index (χ0) is 18.7. The summed E-state index contributed by atoms with van der Waals surface area (Å²) in [5, 5.41) is 7.91. The Labute approximate surface area is 147 Å². The van der Waals surface area contributed by atoms with Crippen molar-refractivity contribution in [3.8, 4) is 0 Å². The number of halogens is 5. The molecule has 1 aromatic carbocycles. The van der Waals surface area contributed by atoms with E-state index in [-0.39, 0.29) is 36.7 Å². The Morgan fingerprint density at radius 1 is 1.12 bits per heavy atom. The van der Waals surface area contributed by atoms with Crippen LogP contribution in [0.5, 0.6) is 0 Å². The van der Waals surface area contributed by atoms with E-state index in [1.54, 1.807) is 0 Å². The summed E-state index contributed by atoms with van der Waals surface area (Å²) in [6.45, 7) is 2.00. The molecule has 26 heavy (non-hydrogen) atoms. The quantitative estimate of drug-likeness (QED) is 0.708. The molecule has 1 aliphatic heterocycles. The minimum absolute atomic E-state index is 0.0119. The third-order valence-corrected chi connectivity index (χ3v) is 5.71. The van der Waals surface area contributed by atoms with E-state index in [1.165, 1.54) is 16.7 Å². The fourth-order valence-corrected chi connectivity index (χ4v) is 3.95. The van der Waals surface area contributed by atoms with Crippen LogP contribution in [-0.4, -0.2) is 20.9 Å². The average Bonchev–Trinajstić information content (AvgIpc) is 3.32. The zero-order valence-corrected chi connectivity index (χ0v) is 14.2. The minimum Gasteiger partial charge on any atom is -0.313 e. The largest absolute Gasteiger partial charge is 0.401 e. The van der Waals surface area contributed by atoms with Crippen LogP contribution in [0.2, 0.25) is 0 Å². The highest BCUT2D eigenvalue weighted by Gasteiger charge is 2.67. The second-order valence-electron chi connectivity index (χ2n) is 7.39. The van der Waals surface area contributed by atoms with E-state index < -0.39 is 29.1 Å². The fourth-order valence-electron chi connectivity index (χ4n) is 3.95. The summed E-state index contributed by atoms with van der Waals surface area (Å²) in [4.78, 5) is 0. The first kappa shape index (κ1) is 17.4. The van der Waals surface area contributed by atoms with Crippen LogP contribution in [0.15, 0.2) is 18.2 Å². The van der Waals surface area contributed by atoms with E-state index in [9.17, 15) is 22.0 Å². The smallest absolute Gasteiger partial charge is 0.313 e. The van der Waals surface area contributed by atoms with E-state index in [2.05, 4.69) is 10.2 Å². The van der Waals surface area contributed by atoms with Crippen molar-refractivity contribution in [1.29, 1.82) is 0 Å². The summed E-state index contributed by atoms with van der Waals surface area (Å²) in [5.41, 5.74) is -1.76. The Morgan fingerprint density at radius 3 is 2.50 bits per heavy atom. The molecule has 1 fully saturated rings. The lowest BCUT2D eigenvalue weighted by atomic mass is 9.91. The lowest BCUT2D eigenvalue weighted by Crippen LogP contribution is -2.32. The van der Waals surface area contributed by atoms with Gasteiger partial charge in [0.05, 0.1) is 0 Å². The number of benzene rings is 1. The number of hydrogen-bond donors (Lipinski definition) is 0. The minimum atomic E-state index is -4.40. The molecular weight excluding hydrogens is 353 g/mol. The molecule has 0 bridgehead atoms. The SMILES string of the molecule is CC1CC[C@@H](c2cccc(F)c2F)Cn2c1nnc2C1(C(F)(F)F)CC1. The van der Waals surface area contributed by atoms with Gasteiger partial charge in [-0.1, -0.05) is 19.1 Å². The summed E-state index contributed by atoms with van der Waals surface area (Å²) in [6.07, 6.45) is -3.25. The zero-order valence-electron chi connectivity index (χ0n) is 14.2. The molecule has 1 saturated carbocycles. The van der Waals surface area contributed by atoms with Crippen LogP contribution in [0.25, 0.3) is 0 Å². The van der Waals surface area contributed by atoms with E-state index in [0.717, 1.165) is 6.07 Å². The van der Waals surface area contributed by atoms with Crippen molar-refractivity contribution >= 4 is 0 Å². The van der Waals surface area contributed by atoms with Crippen molar-refractivity contribution in [3.63, 3.8) is 0 Å². The molecule has 0 spiro atoms. The number of nitrogens with zero attached hydrogens (tertiary/aromatic N) is 3. The van der Waals surface area contributed by atoms with Gasteiger partial charge in [0.2, 0.25) is 0 Å². The summed E-state index contributed by atoms with van der Waals surface area (Å²) in [7, 11) is 0. The Balaban J connectivity index is 1.78. The normalized spacial score (nSPS) is 24.8. The van der Waals surface area contributed by atoms with Gasteiger partial charge in [0.1, 0.15) is 17.1 Å². The van der Waals surface area contributed by atoms with Crippen LogP contribution >= 0.6 is 0 Å². The van der Waals surface area contributed by atoms with Gasteiger partial charge in [0.15, 0.2) is 11.6 Å². The van der Waals surface area contributed by atoms with Crippen molar-refractivity contribution in [2.75, 3.05) is 0 Å². The first-order valence-electron chi connectivity index (χ1n) is 8.69. The highest BCUT2D eigenvalue weighted by molar-refractivity contribution is 5.27. The van der Waals surface area contributed by atoms with E-state index in [1.807, 2.05) is 6.92 Å². The average molecular weight is 371 g/mol. The third-order valence-electron chi connectivity index (χ3n) is 5.71. The van der Waals surface area contributed by atoms with Gasteiger partial charge in [-0.05, 0) is 37.3 Å². The summed E-state index contributed by atoms with van der Waals surface area (Å²) in [5.74, 6) is -1.99. The van der Waals surface area contributed by atoms with Gasteiger partial charge in [-0.25, -0.2) is 8.78 Å². The molecule has 8 heteroatoms.